The fraction of sp³-hybridized carbons (Fsp3) is 0.583. The van der Waals surface area contributed by atoms with Gasteiger partial charge in [0.25, 0.3) is 0 Å². The van der Waals surface area contributed by atoms with Gasteiger partial charge in [0.05, 0.1) is 6.61 Å². The quantitative estimate of drug-likeness (QED) is 0.430. The van der Waals surface area contributed by atoms with Gasteiger partial charge in [0.15, 0.2) is 5.82 Å². The van der Waals surface area contributed by atoms with Gasteiger partial charge in [0, 0.05) is 26.3 Å². The topological polar surface area (TPSA) is 106 Å². The van der Waals surface area contributed by atoms with E-state index in [2.05, 4.69) is 20.8 Å². The Hall–Kier alpha value is -2.90. The van der Waals surface area contributed by atoms with E-state index in [1.807, 2.05) is 31.2 Å². The van der Waals surface area contributed by atoms with Gasteiger partial charge in [-0.3, -0.25) is 9.59 Å². The second-order valence-corrected chi connectivity index (χ2v) is 8.56. The summed E-state index contributed by atoms with van der Waals surface area (Å²) in [6.07, 6.45) is 7.28. The van der Waals surface area contributed by atoms with Crippen molar-refractivity contribution in [1.82, 2.24) is 20.8 Å². The Morgan fingerprint density at radius 2 is 1.97 bits per heavy atom. The van der Waals surface area contributed by atoms with Crippen molar-refractivity contribution < 1.29 is 18.8 Å². The maximum atomic E-state index is 12.2. The van der Waals surface area contributed by atoms with Gasteiger partial charge in [-0.2, -0.15) is 4.98 Å². The van der Waals surface area contributed by atoms with E-state index in [1.165, 1.54) is 6.92 Å². The van der Waals surface area contributed by atoms with Crippen LogP contribution in [0.4, 0.5) is 0 Å². The molecular formula is C24H34N4O4. The maximum Gasteiger partial charge on any atom is 0.227 e. The van der Waals surface area contributed by atoms with Gasteiger partial charge in [0.2, 0.25) is 17.7 Å². The third-order valence-electron chi connectivity index (χ3n) is 5.74. The summed E-state index contributed by atoms with van der Waals surface area (Å²) >= 11 is 0. The monoisotopic (exact) mass is 442 g/mol. The molecule has 1 saturated carbocycles. The van der Waals surface area contributed by atoms with E-state index in [4.69, 9.17) is 9.26 Å². The van der Waals surface area contributed by atoms with Crippen molar-refractivity contribution in [3.63, 3.8) is 0 Å². The van der Waals surface area contributed by atoms with Gasteiger partial charge >= 0.3 is 0 Å². The van der Waals surface area contributed by atoms with Gasteiger partial charge in [0.1, 0.15) is 11.3 Å². The zero-order chi connectivity index (χ0) is 22.8. The Morgan fingerprint density at radius 1 is 1.19 bits per heavy atom. The Balaban J connectivity index is 1.41. The molecule has 0 spiro atoms. The van der Waals surface area contributed by atoms with E-state index in [9.17, 15) is 9.59 Å². The average Bonchev–Trinajstić information content (AvgIpc) is 3.12. The minimum absolute atomic E-state index is 0.0636. The molecule has 0 bridgehead atoms. The highest BCUT2D eigenvalue weighted by molar-refractivity contribution is 5.76. The smallest absolute Gasteiger partial charge is 0.227 e. The summed E-state index contributed by atoms with van der Waals surface area (Å²) in [5.41, 5.74) is 0.589. The average molecular weight is 443 g/mol. The summed E-state index contributed by atoms with van der Waals surface area (Å²) in [4.78, 5) is 28.5. The van der Waals surface area contributed by atoms with E-state index in [0.29, 0.717) is 31.3 Å². The maximum absolute atomic E-state index is 12.2. The Kier molecular flexibility index (Phi) is 8.64. The fourth-order valence-electron chi connectivity index (χ4n) is 4.13. The molecule has 3 rings (SSSR count). The van der Waals surface area contributed by atoms with Gasteiger partial charge in [-0.25, -0.2) is 0 Å². The zero-order valence-corrected chi connectivity index (χ0v) is 19.1. The molecular weight excluding hydrogens is 408 g/mol. The molecule has 0 radical (unpaired) electrons. The summed E-state index contributed by atoms with van der Waals surface area (Å²) in [6, 6.07) is 7.90. The third kappa shape index (κ3) is 7.07. The number of hydrogen-bond acceptors (Lipinski definition) is 6. The molecule has 32 heavy (non-hydrogen) atoms. The van der Waals surface area contributed by atoms with Gasteiger partial charge < -0.3 is 19.9 Å². The molecule has 2 aromatic rings. The molecule has 1 aromatic carbocycles. The summed E-state index contributed by atoms with van der Waals surface area (Å²) in [5, 5.41) is 10.1. The number of aromatic nitrogens is 2. The molecule has 2 N–H and O–H groups in total. The van der Waals surface area contributed by atoms with Crippen LogP contribution in [0.25, 0.3) is 0 Å². The van der Waals surface area contributed by atoms with Crippen molar-refractivity contribution in [3.05, 3.63) is 41.5 Å². The molecule has 0 saturated heterocycles. The molecule has 0 unspecified atom stereocenters. The number of nitrogens with zero attached hydrogens (tertiary/aromatic N) is 2. The van der Waals surface area contributed by atoms with Crippen LogP contribution in [-0.2, 0) is 21.5 Å². The third-order valence-corrected chi connectivity index (χ3v) is 5.74. The van der Waals surface area contributed by atoms with Gasteiger partial charge in [-0.1, -0.05) is 43.0 Å². The number of benzene rings is 1. The molecule has 2 amide bonds. The number of amides is 2. The van der Waals surface area contributed by atoms with Crippen LogP contribution in [0.15, 0.2) is 28.8 Å². The highest BCUT2D eigenvalue weighted by atomic mass is 16.5. The number of ether oxygens (including phenoxy) is 1. The number of aryl methyl sites for hydroxylation is 2. The van der Waals surface area contributed by atoms with E-state index in [1.54, 1.807) is 0 Å². The van der Waals surface area contributed by atoms with Crippen LogP contribution < -0.4 is 15.4 Å². The summed E-state index contributed by atoms with van der Waals surface area (Å²) in [5.74, 6) is 1.63. The molecule has 1 aliphatic rings. The van der Waals surface area contributed by atoms with E-state index in [-0.39, 0.29) is 18.2 Å². The molecule has 1 aliphatic carbocycles. The van der Waals surface area contributed by atoms with Crippen molar-refractivity contribution in [2.45, 2.75) is 77.2 Å². The lowest BCUT2D eigenvalue weighted by atomic mass is 9.89. The van der Waals surface area contributed by atoms with Crippen LogP contribution in [0.2, 0.25) is 0 Å². The number of carbonyl (C=O) groups excluding carboxylic acids is 2. The van der Waals surface area contributed by atoms with Crippen molar-refractivity contribution in [2.24, 2.45) is 0 Å². The minimum atomic E-state index is -0.566. The van der Waals surface area contributed by atoms with Crippen LogP contribution in [0.1, 0.15) is 75.6 Å². The van der Waals surface area contributed by atoms with Crippen molar-refractivity contribution in [2.75, 3.05) is 13.2 Å². The van der Waals surface area contributed by atoms with Crippen LogP contribution in [0.3, 0.4) is 0 Å². The summed E-state index contributed by atoms with van der Waals surface area (Å²) in [6.45, 7) is 4.63. The lowest BCUT2D eigenvalue weighted by molar-refractivity contribution is -0.122. The largest absolute Gasteiger partial charge is 0.494 e. The van der Waals surface area contributed by atoms with Crippen molar-refractivity contribution in [3.8, 4) is 5.75 Å². The second-order valence-electron chi connectivity index (χ2n) is 8.56. The Morgan fingerprint density at radius 3 is 2.69 bits per heavy atom. The number of carbonyl (C=O) groups is 2. The molecule has 1 aromatic heterocycles. The predicted molar refractivity (Wildman–Crippen MR) is 120 cm³/mol. The standard InChI is InChI=1S/C24H34N4O4/c1-18-9-7-10-20(17-18)31-16-8-15-25-21(30)11-12-22-26-23(28-32-22)24(27-19(2)29)13-5-3-4-6-14-24/h7,9-10,17H,3-6,8,11-16H2,1-2H3,(H,25,30)(H,27,29). The Bertz CT molecular complexity index is 888. The first-order valence-corrected chi connectivity index (χ1v) is 11.5. The van der Waals surface area contributed by atoms with Gasteiger partial charge in [-0.05, 0) is 43.9 Å². The molecule has 0 atom stereocenters. The number of nitrogens with one attached hydrogen (secondary N) is 2. The highest BCUT2D eigenvalue weighted by Gasteiger charge is 2.38. The van der Waals surface area contributed by atoms with E-state index < -0.39 is 5.54 Å². The fourth-order valence-corrected chi connectivity index (χ4v) is 4.13. The first-order valence-electron chi connectivity index (χ1n) is 11.5. The van der Waals surface area contributed by atoms with Crippen LogP contribution in [0.5, 0.6) is 5.75 Å². The normalized spacial score (nSPS) is 15.6. The highest BCUT2D eigenvalue weighted by Crippen LogP contribution is 2.34. The van der Waals surface area contributed by atoms with Crippen LogP contribution in [0, 0.1) is 6.92 Å². The second kappa shape index (κ2) is 11.6. The summed E-state index contributed by atoms with van der Waals surface area (Å²) < 4.78 is 11.1. The lowest BCUT2D eigenvalue weighted by Gasteiger charge is -2.30. The summed E-state index contributed by atoms with van der Waals surface area (Å²) in [7, 11) is 0. The van der Waals surface area contributed by atoms with Crippen molar-refractivity contribution >= 4 is 11.8 Å². The van der Waals surface area contributed by atoms with Gasteiger partial charge in [-0.15, -0.1) is 0 Å². The first kappa shape index (κ1) is 23.8. The predicted octanol–water partition coefficient (Wildman–Crippen LogP) is 3.58. The number of hydrogen-bond donors (Lipinski definition) is 2. The Labute approximate surface area is 189 Å². The van der Waals surface area contributed by atoms with Crippen molar-refractivity contribution in [1.29, 1.82) is 0 Å². The zero-order valence-electron chi connectivity index (χ0n) is 19.1. The number of rotatable bonds is 10. The lowest BCUT2D eigenvalue weighted by Crippen LogP contribution is -2.45. The molecule has 8 nitrogen and oxygen atoms in total. The molecule has 174 valence electrons. The first-order chi connectivity index (χ1) is 15.5. The molecule has 8 heteroatoms. The molecule has 0 aliphatic heterocycles. The molecule has 1 heterocycles. The molecule has 1 fully saturated rings. The van der Waals surface area contributed by atoms with Crippen LogP contribution >= 0.6 is 0 Å². The SMILES string of the molecule is CC(=O)NC1(c2noc(CCC(=O)NCCCOc3cccc(C)c3)n2)CCCCCC1. The van der Waals surface area contributed by atoms with Crippen LogP contribution in [-0.4, -0.2) is 35.1 Å². The van der Waals surface area contributed by atoms with E-state index in [0.717, 1.165) is 56.3 Å². The minimum Gasteiger partial charge on any atom is -0.494 e. The van der Waals surface area contributed by atoms with E-state index >= 15 is 0 Å².